The van der Waals surface area contributed by atoms with Gasteiger partial charge in [-0.15, -0.1) is 0 Å². The van der Waals surface area contributed by atoms with Crippen LogP contribution in [-0.2, 0) is 0 Å². The number of hydrogen-bond acceptors (Lipinski definition) is 1. The van der Waals surface area contributed by atoms with Gasteiger partial charge in [0.15, 0.2) is 0 Å². The van der Waals surface area contributed by atoms with Gasteiger partial charge in [-0.25, -0.2) is 4.39 Å². The molecule has 0 aliphatic rings. The van der Waals surface area contributed by atoms with Crippen LogP contribution < -0.4 is 5.73 Å². The Hall–Kier alpha value is -0.710. The molecule has 2 N–H and O–H groups in total. The first kappa shape index (κ1) is 13.7. The van der Waals surface area contributed by atoms with Gasteiger partial charge >= 0.3 is 0 Å². The third kappa shape index (κ3) is 2.66. The number of benzene rings is 2. The SMILES string of the molecule is Cc1cc(Br)c(C(N)c2ccccc2F)cc1Br. The van der Waals surface area contributed by atoms with Crippen molar-refractivity contribution in [2.24, 2.45) is 5.73 Å². The van der Waals surface area contributed by atoms with E-state index in [0.717, 1.165) is 20.1 Å². The molecule has 0 spiro atoms. The van der Waals surface area contributed by atoms with Crippen LogP contribution >= 0.6 is 31.9 Å². The van der Waals surface area contributed by atoms with Gasteiger partial charge in [0.05, 0.1) is 6.04 Å². The van der Waals surface area contributed by atoms with E-state index < -0.39 is 6.04 Å². The molecule has 0 aliphatic heterocycles. The molecule has 0 aromatic heterocycles. The topological polar surface area (TPSA) is 26.0 Å². The van der Waals surface area contributed by atoms with Gasteiger partial charge in [-0.1, -0.05) is 50.1 Å². The number of aryl methyl sites for hydroxylation is 1. The van der Waals surface area contributed by atoms with E-state index in [1.165, 1.54) is 6.07 Å². The molecular weight excluding hydrogens is 361 g/mol. The smallest absolute Gasteiger partial charge is 0.128 e. The molecule has 2 aromatic rings. The molecule has 1 atom stereocenters. The van der Waals surface area contributed by atoms with Crippen molar-refractivity contribution in [1.29, 1.82) is 0 Å². The largest absolute Gasteiger partial charge is 0.320 e. The second-order valence-corrected chi connectivity index (χ2v) is 5.83. The van der Waals surface area contributed by atoms with Crippen LogP contribution in [0.2, 0.25) is 0 Å². The Morgan fingerprint density at radius 2 is 1.72 bits per heavy atom. The molecule has 0 aliphatic carbocycles. The second-order valence-electron chi connectivity index (χ2n) is 4.12. The zero-order chi connectivity index (χ0) is 13.3. The lowest BCUT2D eigenvalue weighted by Gasteiger charge is -2.16. The molecule has 2 rings (SSSR count). The molecule has 4 heteroatoms. The molecule has 1 unspecified atom stereocenters. The summed E-state index contributed by atoms with van der Waals surface area (Å²) in [5.41, 5.74) is 8.60. The predicted octanol–water partition coefficient (Wildman–Crippen LogP) is 4.71. The molecule has 0 saturated heterocycles. The number of nitrogens with two attached hydrogens (primary N) is 1. The van der Waals surface area contributed by atoms with Gasteiger partial charge in [0.2, 0.25) is 0 Å². The Labute approximate surface area is 122 Å². The Balaban J connectivity index is 2.50. The van der Waals surface area contributed by atoms with Crippen LogP contribution in [0, 0.1) is 12.7 Å². The summed E-state index contributed by atoms with van der Waals surface area (Å²) < 4.78 is 15.6. The highest BCUT2D eigenvalue weighted by atomic mass is 79.9. The minimum Gasteiger partial charge on any atom is -0.320 e. The molecular formula is C14H12Br2FN. The molecule has 0 bridgehead atoms. The first-order chi connectivity index (χ1) is 8.50. The van der Waals surface area contributed by atoms with E-state index in [-0.39, 0.29) is 5.82 Å². The van der Waals surface area contributed by atoms with Crippen LogP contribution in [0.1, 0.15) is 22.7 Å². The van der Waals surface area contributed by atoms with E-state index in [1.54, 1.807) is 18.2 Å². The van der Waals surface area contributed by atoms with Gasteiger partial charge in [-0.2, -0.15) is 0 Å². The van der Waals surface area contributed by atoms with Crippen LogP contribution in [-0.4, -0.2) is 0 Å². The number of hydrogen-bond donors (Lipinski definition) is 1. The fourth-order valence-electron chi connectivity index (χ4n) is 1.79. The molecule has 2 aromatic carbocycles. The zero-order valence-corrected chi connectivity index (χ0v) is 12.9. The first-order valence-corrected chi connectivity index (χ1v) is 7.05. The fraction of sp³-hybridized carbons (Fsp3) is 0.143. The van der Waals surface area contributed by atoms with Gasteiger partial charge < -0.3 is 5.73 Å². The highest BCUT2D eigenvalue weighted by Crippen LogP contribution is 2.32. The summed E-state index contributed by atoms with van der Waals surface area (Å²) in [5, 5.41) is 0. The van der Waals surface area contributed by atoms with E-state index in [4.69, 9.17) is 5.73 Å². The Morgan fingerprint density at radius 3 is 2.39 bits per heavy atom. The summed E-state index contributed by atoms with van der Waals surface area (Å²) in [6.45, 7) is 1.99. The third-order valence-electron chi connectivity index (χ3n) is 2.85. The Morgan fingerprint density at radius 1 is 1.06 bits per heavy atom. The monoisotopic (exact) mass is 371 g/mol. The van der Waals surface area contributed by atoms with Crippen molar-refractivity contribution in [1.82, 2.24) is 0 Å². The molecule has 18 heavy (non-hydrogen) atoms. The highest BCUT2D eigenvalue weighted by Gasteiger charge is 2.16. The lowest BCUT2D eigenvalue weighted by atomic mass is 9.98. The van der Waals surface area contributed by atoms with Gasteiger partial charge in [0.25, 0.3) is 0 Å². The van der Waals surface area contributed by atoms with Gasteiger partial charge in [-0.3, -0.25) is 0 Å². The van der Waals surface area contributed by atoms with Gasteiger partial charge in [0, 0.05) is 14.5 Å². The molecule has 0 amide bonds. The summed E-state index contributed by atoms with van der Waals surface area (Å²) in [4.78, 5) is 0. The number of halogens is 3. The van der Waals surface area contributed by atoms with Crippen LogP contribution in [0.25, 0.3) is 0 Å². The normalized spacial score (nSPS) is 12.5. The van der Waals surface area contributed by atoms with Crippen molar-refractivity contribution < 1.29 is 4.39 Å². The van der Waals surface area contributed by atoms with Crippen molar-refractivity contribution in [3.05, 3.63) is 67.9 Å². The standard InChI is InChI=1S/C14H12Br2FN/c1-8-6-12(16)10(7-11(8)15)14(18)9-4-2-3-5-13(9)17/h2-7,14H,18H2,1H3. The lowest BCUT2D eigenvalue weighted by molar-refractivity contribution is 0.599. The molecule has 0 heterocycles. The minimum absolute atomic E-state index is 0.284. The average molecular weight is 373 g/mol. The maximum absolute atomic E-state index is 13.7. The Kier molecular flexibility index (Phi) is 4.20. The van der Waals surface area contributed by atoms with Gasteiger partial charge in [0.1, 0.15) is 5.82 Å². The zero-order valence-electron chi connectivity index (χ0n) is 9.75. The van der Waals surface area contributed by atoms with Crippen LogP contribution in [0.4, 0.5) is 4.39 Å². The highest BCUT2D eigenvalue weighted by molar-refractivity contribution is 9.11. The van der Waals surface area contributed by atoms with E-state index in [0.29, 0.717) is 5.56 Å². The number of rotatable bonds is 2. The summed E-state index contributed by atoms with van der Waals surface area (Å²) in [7, 11) is 0. The summed E-state index contributed by atoms with van der Waals surface area (Å²) in [5.74, 6) is -0.284. The van der Waals surface area contributed by atoms with E-state index in [2.05, 4.69) is 31.9 Å². The fourth-order valence-corrected chi connectivity index (χ4v) is 2.86. The van der Waals surface area contributed by atoms with Crippen molar-refractivity contribution in [2.75, 3.05) is 0 Å². The minimum atomic E-state index is -0.488. The van der Waals surface area contributed by atoms with E-state index in [9.17, 15) is 4.39 Å². The van der Waals surface area contributed by atoms with Crippen LogP contribution in [0.5, 0.6) is 0 Å². The first-order valence-electron chi connectivity index (χ1n) is 5.46. The maximum atomic E-state index is 13.7. The van der Waals surface area contributed by atoms with Crippen LogP contribution in [0.3, 0.4) is 0 Å². The van der Waals surface area contributed by atoms with E-state index >= 15 is 0 Å². The van der Waals surface area contributed by atoms with Crippen molar-refractivity contribution >= 4 is 31.9 Å². The van der Waals surface area contributed by atoms with Crippen molar-refractivity contribution in [2.45, 2.75) is 13.0 Å². The third-order valence-corrected chi connectivity index (χ3v) is 4.39. The molecule has 94 valence electrons. The van der Waals surface area contributed by atoms with Crippen molar-refractivity contribution in [3.63, 3.8) is 0 Å². The summed E-state index contributed by atoms with van der Waals surface area (Å²) >= 11 is 6.95. The van der Waals surface area contributed by atoms with Gasteiger partial charge in [-0.05, 0) is 36.2 Å². The predicted molar refractivity (Wildman–Crippen MR) is 79.0 cm³/mol. The van der Waals surface area contributed by atoms with Crippen LogP contribution in [0.15, 0.2) is 45.3 Å². The maximum Gasteiger partial charge on any atom is 0.128 e. The van der Waals surface area contributed by atoms with Crippen molar-refractivity contribution in [3.8, 4) is 0 Å². The average Bonchev–Trinajstić information content (AvgIpc) is 2.33. The molecule has 0 fully saturated rings. The molecule has 1 nitrogen and oxygen atoms in total. The molecule has 0 radical (unpaired) electrons. The summed E-state index contributed by atoms with van der Waals surface area (Å²) in [6.07, 6.45) is 0. The lowest BCUT2D eigenvalue weighted by Crippen LogP contribution is -2.14. The quantitative estimate of drug-likeness (QED) is 0.811. The molecule has 0 saturated carbocycles. The van der Waals surface area contributed by atoms with E-state index in [1.807, 2.05) is 19.1 Å². The second kappa shape index (κ2) is 5.51. The summed E-state index contributed by atoms with van der Waals surface area (Å²) in [6, 6.07) is 9.99. The Bertz CT molecular complexity index is 584.